The summed E-state index contributed by atoms with van der Waals surface area (Å²) in [6, 6.07) is 3.11. The number of ether oxygens (including phenoxy) is 1. The largest absolute Gasteiger partial charge is 0.383 e. The SMILES string of the molecule is CCCC(COC)n1c(=S)[nH]c2cc(F)c(Cl)cc21. The summed E-state index contributed by atoms with van der Waals surface area (Å²) in [5.74, 6) is -0.448. The second kappa shape index (κ2) is 6.03. The maximum Gasteiger partial charge on any atom is 0.178 e. The number of rotatable bonds is 5. The van der Waals surface area contributed by atoms with Gasteiger partial charge in [0.25, 0.3) is 0 Å². The van der Waals surface area contributed by atoms with Crippen molar-refractivity contribution in [2.75, 3.05) is 13.7 Å². The number of halogens is 2. The lowest BCUT2D eigenvalue weighted by molar-refractivity contribution is 0.151. The van der Waals surface area contributed by atoms with Gasteiger partial charge in [0.1, 0.15) is 5.82 Å². The highest BCUT2D eigenvalue weighted by Gasteiger charge is 2.16. The van der Waals surface area contributed by atoms with Gasteiger partial charge in [-0.1, -0.05) is 24.9 Å². The second-order valence-electron chi connectivity index (χ2n) is 4.48. The average Bonchev–Trinajstić information content (AvgIpc) is 2.65. The Labute approximate surface area is 121 Å². The van der Waals surface area contributed by atoms with Gasteiger partial charge in [-0.05, 0) is 24.7 Å². The number of aromatic nitrogens is 2. The molecule has 104 valence electrons. The minimum Gasteiger partial charge on any atom is -0.383 e. The minimum absolute atomic E-state index is 0.0999. The molecule has 0 aliphatic heterocycles. The van der Waals surface area contributed by atoms with Gasteiger partial charge in [0.05, 0.1) is 28.7 Å². The predicted molar refractivity (Wildman–Crippen MR) is 77.9 cm³/mol. The van der Waals surface area contributed by atoms with Gasteiger partial charge in [0.15, 0.2) is 4.77 Å². The highest BCUT2D eigenvalue weighted by Crippen LogP contribution is 2.27. The zero-order valence-corrected chi connectivity index (χ0v) is 12.4. The first-order valence-electron chi connectivity index (χ1n) is 6.16. The highest BCUT2D eigenvalue weighted by molar-refractivity contribution is 7.71. The summed E-state index contributed by atoms with van der Waals surface area (Å²) in [4.78, 5) is 3.02. The molecule has 0 amide bonds. The van der Waals surface area contributed by atoms with Crippen LogP contribution in [0, 0.1) is 10.6 Å². The van der Waals surface area contributed by atoms with Gasteiger partial charge in [-0.25, -0.2) is 4.39 Å². The van der Waals surface area contributed by atoms with Crippen molar-refractivity contribution in [2.45, 2.75) is 25.8 Å². The first-order chi connectivity index (χ1) is 9.08. The van der Waals surface area contributed by atoms with Crippen molar-refractivity contribution in [3.63, 3.8) is 0 Å². The molecule has 1 aromatic heterocycles. The van der Waals surface area contributed by atoms with Crippen molar-refractivity contribution >= 4 is 34.9 Å². The zero-order valence-electron chi connectivity index (χ0n) is 10.9. The van der Waals surface area contributed by atoms with Gasteiger partial charge in [-0.3, -0.25) is 0 Å². The molecule has 0 aliphatic carbocycles. The molecular formula is C13H16ClFN2OS. The molecule has 1 aromatic carbocycles. The van der Waals surface area contributed by atoms with E-state index in [0.29, 0.717) is 16.9 Å². The molecule has 1 unspecified atom stereocenters. The second-order valence-corrected chi connectivity index (χ2v) is 5.28. The Kier molecular flexibility index (Phi) is 4.60. The monoisotopic (exact) mass is 302 g/mol. The Bertz CT molecular complexity index is 631. The van der Waals surface area contributed by atoms with Crippen LogP contribution in [0.4, 0.5) is 4.39 Å². The molecule has 3 nitrogen and oxygen atoms in total. The van der Waals surface area contributed by atoms with Gasteiger partial charge in [-0.2, -0.15) is 0 Å². The van der Waals surface area contributed by atoms with Crippen LogP contribution in [0.3, 0.4) is 0 Å². The van der Waals surface area contributed by atoms with Gasteiger partial charge in [0.2, 0.25) is 0 Å². The molecule has 2 rings (SSSR count). The van der Waals surface area contributed by atoms with Gasteiger partial charge < -0.3 is 14.3 Å². The van der Waals surface area contributed by atoms with E-state index in [-0.39, 0.29) is 11.1 Å². The maximum absolute atomic E-state index is 13.5. The normalized spacial score (nSPS) is 13.1. The highest BCUT2D eigenvalue weighted by atomic mass is 35.5. The Balaban J connectivity index is 2.60. The number of hydrogen-bond donors (Lipinski definition) is 1. The molecule has 0 fully saturated rings. The maximum atomic E-state index is 13.5. The van der Waals surface area contributed by atoms with Crippen LogP contribution in [0.5, 0.6) is 0 Å². The molecule has 0 radical (unpaired) electrons. The minimum atomic E-state index is -0.448. The number of benzene rings is 1. The molecule has 0 saturated heterocycles. The number of fused-ring (bicyclic) bond motifs is 1. The Morgan fingerprint density at radius 3 is 2.89 bits per heavy atom. The lowest BCUT2D eigenvalue weighted by Gasteiger charge is -2.18. The molecule has 1 heterocycles. The van der Waals surface area contributed by atoms with E-state index in [2.05, 4.69) is 11.9 Å². The third-order valence-corrected chi connectivity index (χ3v) is 3.69. The molecule has 1 N–H and O–H groups in total. The van der Waals surface area contributed by atoms with Crippen LogP contribution < -0.4 is 0 Å². The van der Waals surface area contributed by atoms with Crippen LogP contribution in [0.1, 0.15) is 25.8 Å². The average molecular weight is 303 g/mol. The lowest BCUT2D eigenvalue weighted by Crippen LogP contribution is -2.14. The smallest absolute Gasteiger partial charge is 0.178 e. The third kappa shape index (κ3) is 2.83. The molecule has 1 atom stereocenters. The van der Waals surface area contributed by atoms with E-state index in [1.165, 1.54) is 6.07 Å². The first kappa shape index (κ1) is 14.5. The van der Waals surface area contributed by atoms with Gasteiger partial charge in [0, 0.05) is 13.2 Å². The van der Waals surface area contributed by atoms with E-state index in [9.17, 15) is 4.39 Å². The van der Waals surface area contributed by atoms with E-state index in [1.54, 1.807) is 13.2 Å². The quantitative estimate of drug-likeness (QED) is 0.825. The van der Waals surface area contributed by atoms with E-state index in [1.807, 2.05) is 4.57 Å². The van der Waals surface area contributed by atoms with Gasteiger partial charge in [-0.15, -0.1) is 0 Å². The number of imidazole rings is 1. The van der Waals surface area contributed by atoms with Crippen molar-refractivity contribution in [1.82, 2.24) is 9.55 Å². The summed E-state index contributed by atoms with van der Waals surface area (Å²) in [5, 5.41) is 0.0999. The summed E-state index contributed by atoms with van der Waals surface area (Å²) in [5.41, 5.74) is 1.47. The number of aromatic amines is 1. The van der Waals surface area contributed by atoms with Crippen LogP contribution in [0.2, 0.25) is 5.02 Å². The predicted octanol–water partition coefficient (Wildman–Crippen LogP) is 4.48. The van der Waals surface area contributed by atoms with Crippen LogP contribution in [0.15, 0.2) is 12.1 Å². The van der Waals surface area contributed by atoms with E-state index >= 15 is 0 Å². The van der Waals surface area contributed by atoms with Crippen molar-refractivity contribution in [2.24, 2.45) is 0 Å². The Hall–Kier alpha value is -0.910. The number of methoxy groups -OCH3 is 1. The summed E-state index contributed by atoms with van der Waals surface area (Å²) in [6.07, 6.45) is 1.95. The fraction of sp³-hybridized carbons (Fsp3) is 0.462. The van der Waals surface area contributed by atoms with Gasteiger partial charge >= 0.3 is 0 Å². The van der Waals surface area contributed by atoms with E-state index < -0.39 is 5.82 Å². The summed E-state index contributed by atoms with van der Waals surface area (Å²) in [7, 11) is 1.66. The molecule has 0 aliphatic rings. The molecule has 0 spiro atoms. The number of H-pyrrole nitrogens is 1. The molecule has 2 aromatic rings. The van der Waals surface area contributed by atoms with Crippen LogP contribution in [-0.2, 0) is 4.74 Å². The summed E-state index contributed by atoms with van der Waals surface area (Å²) in [6.45, 7) is 2.66. The van der Waals surface area contributed by atoms with Crippen molar-refractivity contribution in [3.8, 4) is 0 Å². The first-order valence-corrected chi connectivity index (χ1v) is 6.95. The fourth-order valence-electron chi connectivity index (χ4n) is 2.30. The van der Waals surface area contributed by atoms with Crippen LogP contribution in [0.25, 0.3) is 11.0 Å². The number of hydrogen-bond acceptors (Lipinski definition) is 2. The molecule has 6 heteroatoms. The van der Waals surface area contributed by atoms with Crippen molar-refractivity contribution in [1.29, 1.82) is 0 Å². The summed E-state index contributed by atoms with van der Waals surface area (Å²) < 4.78 is 21.2. The molecule has 0 saturated carbocycles. The number of nitrogens with zero attached hydrogens (tertiary/aromatic N) is 1. The molecular weight excluding hydrogens is 287 g/mol. The van der Waals surface area contributed by atoms with E-state index in [0.717, 1.165) is 18.4 Å². The van der Waals surface area contributed by atoms with Crippen molar-refractivity contribution < 1.29 is 9.13 Å². The fourth-order valence-corrected chi connectivity index (χ4v) is 2.81. The van der Waals surface area contributed by atoms with Crippen LogP contribution >= 0.6 is 23.8 Å². The third-order valence-electron chi connectivity index (χ3n) is 3.10. The van der Waals surface area contributed by atoms with E-state index in [4.69, 9.17) is 28.6 Å². The van der Waals surface area contributed by atoms with Crippen molar-refractivity contribution in [3.05, 3.63) is 27.7 Å². The van der Waals surface area contributed by atoms with Crippen LogP contribution in [-0.4, -0.2) is 23.3 Å². The Morgan fingerprint density at radius 2 is 2.26 bits per heavy atom. The molecule has 19 heavy (non-hydrogen) atoms. The lowest BCUT2D eigenvalue weighted by atomic mass is 10.1. The summed E-state index contributed by atoms with van der Waals surface area (Å²) >= 11 is 11.2. The zero-order chi connectivity index (χ0) is 14.0. The molecule has 0 bridgehead atoms. The standard InChI is InChI=1S/C13H16ClFN2OS/c1-3-4-8(7-18-2)17-12-5-9(14)10(15)6-11(12)16-13(17)19/h5-6,8H,3-4,7H2,1-2H3,(H,16,19). The Morgan fingerprint density at radius 1 is 1.53 bits per heavy atom. The number of nitrogens with one attached hydrogen (secondary N) is 1. The topological polar surface area (TPSA) is 29.9 Å².